The first-order valence-corrected chi connectivity index (χ1v) is 8.98. The lowest BCUT2D eigenvalue weighted by Gasteiger charge is -2.09. The third kappa shape index (κ3) is 4.44. The molecule has 0 aliphatic carbocycles. The second-order valence-corrected chi connectivity index (χ2v) is 6.88. The third-order valence-electron chi connectivity index (χ3n) is 4.24. The lowest BCUT2D eigenvalue weighted by atomic mass is 10.1. The molecule has 0 spiro atoms. The van der Waals surface area contributed by atoms with E-state index in [1.807, 2.05) is 19.1 Å². The maximum absolute atomic E-state index is 12.5. The Balaban J connectivity index is 1.87. The van der Waals surface area contributed by atoms with Gasteiger partial charge in [0.15, 0.2) is 0 Å². The van der Waals surface area contributed by atoms with E-state index in [9.17, 15) is 25.0 Å². The van der Waals surface area contributed by atoms with E-state index < -0.39 is 27.2 Å². The summed E-state index contributed by atoms with van der Waals surface area (Å²) in [5.41, 5.74) is 0.629. The summed E-state index contributed by atoms with van der Waals surface area (Å²) in [6, 6.07) is 9.84. The Morgan fingerprint density at radius 1 is 1.07 bits per heavy atom. The van der Waals surface area contributed by atoms with Crippen LogP contribution in [0.2, 0.25) is 5.02 Å². The minimum Gasteiger partial charge on any atom is -0.404 e. The summed E-state index contributed by atoms with van der Waals surface area (Å²) >= 11 is 6.15. The van der Waals surface area contributed by atoms with Crippen LogP contribution in [0.1, 0.15) is 27.2 Å². The van der Waals surface area contributed by atoms with Gasteiger partial charge < -0.3 is 4.74 Å². The Morgan fingerprint density at radius 2 is 1.77 bits per heavy atom. The molecule has 3 aromatic rings. The highest BCUT2D eigenvalue weighted by atomic mass is 35.5. The number of carbonyl (C=O) groups excluding carboxylic acids is 1. The topological polar surface area (TPSA) is 130 Å². The van der Waals surface area contributed by atoms with Crippen LogP contribution < -0.4 is 4.74 Å². The van der Waals surface area contributed by atoms with Crippen molar-refractivity contribution in [2.45, 2.75) is 20.4 Å². The molecular formula is C19H15ClN4O6. The summed E-state index contributed by atoms with van der Waals surface area (Å²) in [6.07, 6.45) is 0. The van der Waals surface area contributed by atoms with Crippen LogP contribution in [0, 0.1) is 34.1 Å². The quantitative estimate of drug-likeness (QED) is 0.324. The lowest BCUT2D eigenvalue weighted by molar-refractivity contribution is -0.422. The predicted octanol–water partition coefficient (Wildman–Crippen LogP) is 4.24. The predicted molar refractivity (Wildman–Crippen MR) is 107 cm³/mol. The maximum atomic E-state index is 12.5. The summed E-state index contributed by atoms with van der Waals surface area (Å²) in [7, 11) is 0. The Bertz CT molecular complexity index is 1170. The minimum absolute atomic E-state index is 0.121. The minimum atomic E-state index is -0.926. The molecule has 0 fully saturated rings. The molecule has 0 atom stereocenters. The van der Waals surface area contributed by atoms with Gasteiger partial charge in [-0.15, -0.1) is 0 Å². The maximum Gasteiger partial charge on any atom is 0.346 e. The summed E-state index contributed by atoms with van der Waals surface area (Å²) in [5.74, 6) is -0.786. The second-order valence-electron chi connectivity index (χ2n) is 6.47. The van der Waals surface area contributed by atoms with Crippen LogP contribution in [-0.4, -0.2) is 25.6 Å². The third-order valence-corrected chi connectivity index (χ3v) is 4.64. The van der Waals surface area contributed by atoms with E-state index >= 15 is 0 Å². The molecule has 1 heterocycles. The van der Waals surface area contributed by atoms with Crippen molar-refractivity contribution in [2.75, 3.05) is 0 Å². The number of nitrogens with zero attached hydrogens (tertiary/aromatic N) is 4. The molecular weight excluding hydrogens is 416 g/mol. The molecule has 0 radical (unpaired) electrons. The van der Waals surface area contributed by atoms with E-state index in [1.165, 1.54) is 10.7 Å². The molecule has 10 nitrogen and oxygen atoms in total. The number of rotatable bonds is 6. The number of aromatic nitrogens is 2. The highest BCUT2D eigenvalue weighted by Gasteiger charge is 2.26. The molecule has 0 saturated carbocycles. The number of ether oxygens (including phenoxy) is 1. The largest absolute Gasteiger partial charge is 0.404 e. The SMILES string of the molecule is Cc1cc(OC(=O)c2ccc([N+](=O)[O-])c([N+](=O)[O-])c2)n(Cc2ccc(C)c(Cl)c2)n1. The fourth-order valence-corrected chi connectivity index (χ4v) is 2.93. The smallest absolute Gasteiger partial charge is 0.346 e. The van der Waals surface area contributed by atoms with Crippen molar-refractivity contribution in [1.82, 2.24) is 9.78 Å². The first-order chi connectivity index (χ1) is 14.2. The Morgan fingerprint density at radius 3 is 2.40 bits per heavy atom. The molecule has 11 heteroatoms. The average Bonchev–Trinajstić information content (AvgIpc) is 3.02. The van der Waals surface area contributed by atoms with E-state index in [0.29, 0.717) is 10.7 Å². The van der Waals surface area contributed by atoms with Gasteiger partial charge in [-0.05, 0) is 37.1 Å². The fraction of sp³-hybridized carbons (Fsp3) is 0.158. The van der Waals surface area contributed by atoms with Crippen molar-refractivity contribution in [3.8, 4) is 5.88 Å². The molecule has 0 saturated heterocycles. The number of nitro groups is 2. The summed E-state index contributed by atoms with van der Waals surface area (Å²) in [4.78, 5) is 32.7. The lowest BCUT2D eigenvalue weighted by Crippen LogP contribution is -2.13. The summed E-state index contributed by atoms with van der Waals surface area (Å²) in [5, 5.41) is 26.9. The van der Waals surface area contributed by atoms with Crippen LogP contribution in [0.4, 0.5) is 11.4 Å². The number of carbonyl (C=O) groups is 1. The van der Waals surface area contributed by atoms with Crippen LogP contribution >= 0.6 is 11.6 Å². The highest BCUT2D eigenvalue weighted by Crippen LogP contribution is 2.28. The summed E-state index contributed by atoms with van der Waals surface area (Å²) in [6.45, 7) is 3.87. The van der Waals surface area contributed by atoms with Gasteiger partial charge >= 0.3 is 17.3 Å². The normalized spacial score (nSPS) is 10.6. The van der Waals surface area contributed by atoms with E-state index in [-0.39, 0.29) is 18.0 Å². The first-order valence-electron chi connectivity index (χ1n) is 8.60. The van der Waals surface area contributed by atoms with Gasteiger partial charge in [-0.1, -0.05) is 23.7 Å². The molecule has 0 N–H and O–H groups in total. The van der Waals surface area contributed by atoms with E-state index in [4.69, 9.17) is 16.3 Å². The first kappa shape index (κ1) is 20.9. The van der Waals surface area contributed by atoms with Gasteiger partial charge in [0.2, 0.25) is 5.88 Å². The number of aryl methyl sites for hydroxylation is 2. The van der Waals surface area contributed by atoms with Crippen LogP contribution in [-0.2, 0) is 6.54 Å². The Kier molecular flexibility index (Phi) is 5.79. The van der Waals surface area contributed by atoms with Crippen LogP contribution in [0.3, 0.4) is 0 Å². The van der Waals surface area contributed by atoms with Gasteiger partial charge in [-0.25, -0.2) is 9.48 Å². The Labute approximate surface area is 174 Å². The molecule has 0 unspecified atom stereocenters. The van der Waals surface area contributed by atoms with Gasteiger partial charge in [0.1, 0.15) is 0 Å². The molecule has 1 aromatic heterocycles. The van der Waals surface area contributed by atoms with Gasteiger partial charge in [0.05, 0.1) is 27.6 Å². The van der Waals surface area contributed by atoms with E-state index in [0.717, 1.165) is 29.3 Å². The van der Waals surface area contributed by atoms with Gasteiger partial charge in [-0.3, -0.25) is 20.2 Å². The van der Waals surface area contributed by atoms with Crippen molar-refractivity contribution < 1.29 is 19.4 Å². The number of nitro benzene ring substituents is 2. The Hall–Kier alpha value is -3.79. The molecule has 154 valence electrons. The standard InChI is InChI=1S/C19H15ClN4O6/c1-11-3-4-13(8-15(11)20)10-22-18(7-12(2)21-22)30-19(25)14-5-6-16(23(26)27)17(9-14)24(28)29/h3-9H,10H2,1-2H3. The van der Waals surface area contributed by atoms with Crippen molar-refractivity contribution >= 4 is 28.9 Å². The van der Waals surface area contributed by atoms with Gasteiger partial charge in [-0.2, -0.15) is 5.10 Å². The zero-order valence-electron chi connectivity index (χ0n) is 15.9. The number of esters is 1. The van der Waals surface area contributed by atoms with Crippen LogP contribution in [0.25, 0.3) is 0 Å². The molecule has 0 aliphatic heterocycles. The van der Waals surface area contributed by atoms with Crippen molar-refractivity contribution in [2.24, 2.45) is 0 Å². The number of benzene rings is 2. The number of hydrogen-bond acceptors (Lipinski definition) is 7. The van der Waals surface area contributed by atoms with Crippen molar-refractivity contribution in [1.29, 1.82) is 0 Å². The van der Waals surface area contributed by atoms with Crippen molar-refractivity contribution in [3.63, 3.8) is 0 Å². The number of halogens is 1. The average molecular weight is 431 g/mol. The fourth-order valence-electron chi connectivity index (χ4n) is 2.73. The van der Waals surface area contributed by atoms with Crippen molar-refractivity contribution in [3.05, 3.63) is 90.1 Å². The zero-order chi connectivity index (χ0) is 22.0. The van der Waals surface area contributed by atoms with Gasteiger partial charge in [0.25, 0.3) is 0 Å². The van der Waals surface area contributed by atoms with Gasteiger partial charge in [0, 0.05) is 23.2 Å². The van der Waals surface area contributed by atoms with E-state index in [2.05, 4.69) is 5.10 Å². The zero-order valence-corrected chi connectivity index (χ0v) is 16.6. The molecule has 0 amide bonds. The highest BCUT2D eigenvalue weighted by molar-refractivity contribution is 6.31. The van der Waals surface area contributed by atoms with E-state index in [1.54, 1.807) is 13.0 Å². The molecule has 0 bridgehead atoms. The van der Waals surface area contributed by atoms with Crippen LogP contribution in [0.5, 0.6) is 5.88 Å². The second kappa shape index (κ2) is 8.29. The summed E-state index contributed by atoms with van der Waals surface area (Å²) < 4.78 is 6.80. The number of hydrogen-bond donors (Lipinski definition) is 0. The molecule has 0 aliphatic rings. The molecule has 2 aromatic carbocycles. The molecule has 30 heavy (non-hydrogen) atoms. The monoisotopic (exact) mass is 430 g/mol. The molecule has 3 rings (SSSR count). The van der Waals surface area contributed by atoms with Crippen LogP contribution in [0.15, 0.2) is 42.5 Å².